The third-order valence-corrected chi connectivity index (χ3v) is 4.05. The molecule has 118 valence electrons. The van der Waals surface area contributed by atoms with E-state index in [1.807, 2.05) is 4.57 Å². The summed E-state index contributed by atoms with van der Waals surface area (Å²) in [4.78, 5) is 12.2. The molecule has 2 rings (SSSR count). The summed E-state index contributed by atoms with van der Waals surface area (Å²) in [6, 6.07) is 7.10. The number of hydrogen-bond acceptors (Lipinski definition) is 6. The summed E-state index contributed by atoms with van der Waals surface area (Å²) in [6.45, 7) is 1.47. The Morgan fingerprint density at radius 2 is 2.05 bits per heavy atom. The highest BCUT2D eigenvalue weighted by Gasteiger charge is 2.10. The summed E-state index contributed by atoms with van der Waals surface area (Å²) in [7, 11) is 3.28. The lowest BCUT2D eigenvalue weighted by Gasteiger charge is -2.06. The molecule has 0 unspecified atom stereocenters. The Morgan fingerprint density at radius 1 is 1.27 bits per heavy atom. The molecule has 0 bridgehead atoms. The molecule has 0 saturated carbocycles. The molecule has 0 spiro atoms. The Morgan fingerprint density at radius 3 is 2.73 bits per heavy atom. The number of ketones is 1. The lowest BCUT2D eigenvalue weighted by molar-refractivity contribution is 0.102. The number of nitrogens with zero attached hydrogens (tertiary/aromatic N) is 3. The van der Waals surface area contributed by atoms with Crippen molar-refractivity contribution in [3.63, 3.8) is 0 Å². The van der Waals surface area contributed by atoms with Gasteiger partial charge in [0.15, 0.2) is 10.9 Å². The molecule has 0 aliphatic carbocycles. The SMILES string of the molecule is COCCCn1cnnc1SCC(=O)c1ccc(OC)cc1. The van der Waals surface area contributed by atoms with E-state index in [0.29, 0.717) is 17.9 Å². The maximum absolute atomic E-state index is 12.2. The number of hydrogen-bond donors (Lipinski definition) is 0. The summed E-state index contributed by atoms with van der Waals surface area (Å²) in [5, 5.41) is 8.70. The summed E-state index contributed by atoms with van der Waals surface area (Å²) in [5.74, 6) is 1.12. The van der Waals surface area contributed by atoms with E-state index in [1.165, 1.54) is 11.8 Å². The number of carbonyl (C=O) groups excluding carboxylic acids is 1. The van der Waals surface area contributed by atoms with Gasteiger partial charge < -0.3 is 14.0 Å². The molecular weight excluding hydrogens is 302 g/mol. The number of ether oxygens (including phenoxy) is 2. The fourth-order valence-electron chi connectivity index (χ4n) is 1.88. The molecule has 6 nitrogen and oxygen atoms in total. The minimum atomic E-state index is 0.0547. The van der Waals surface area contributed by atoms with Crippen LogP contribution in [0.15, 0.2) is 35.7 Å². The first-order valence-corrected chi connectivity index (χ1v) is 7.90. The van der Waals surface area contributed by atoms with Gasteiger partial charge in [0.1, 0.15) is 12.1 Å². The van der Waals surface area contributed by atoms with Gasteiger partial charge in [0.25, 0.3) is 0 Å². The molecule has 1 aromatic carbocycles. The second-order valence-corrected chi connectivity index (χ2v) is 5.54. The number of Topliss-reactive ketones (excluding diaryl/α,β-unsaturated/α-hetero) is 1. The number of aromatic nitrogens is 3. The molecule has 0 atom stereocenters. The Hall–Kier alpha value is -1.86. The summed E-state index contributed by atoms with van der Waals surface area (Å²) >= 11 is 1.39. The molecule has 0 aliphatic heterocycles. The maximum Gasteiger partial charge on any atom is 0.191 e. The molecule has 0 N–H and O–H groups in total. The molecule has 0 amide bonds. The molecule has 2 aromatic rings. The smallest absolute Gasteiger partial charge is 0.191 e. The van der Waals surface area contributed by atoms with Gasteiger partial charge in [-0.05, 0) is 30.7 Å². The molecule has 22 heavy (non-hydrogen) atoms. The van der Waals surface area contributed by atoms with Crippen LogP contribution in [0.1, 0.15) is 16.8 Å². The summed E-state index contributed by atoms with van der Waals surface area (Å²) in [5.41, 5.74) is 0.666. The summed E-state index contributed by atoms with van der Waals surface area (Å²) < 4.78 is 12.0. The third kappa shape index (κ3) is 4.57. The largest absolute Gasteiger partial charge is 0.497 e. The van der Waals surface area contributed by atoms with Gasteiger partial charge in [-0.15, -0.1) is 10.2 Å². The van der Waals surface area contributed by atoms with E-state index in [1.54, 1.807) is 44.8 Å². The van der Waals surface area contributed by atoms with Gasteiger partial charge in [-0.25, -0.2) is 0 Å². The Balaban J connectivity index is 1.89. The van der Waals surface area contributed by atoms with Gasteiger partial charge in [-0.3, -0.25) is 4.79 Å². The van der Waals surface area contributed by atoms with E-state index in [4.69, 9.17) is 9.47 Å². The van der Waals surface area contributed by atoms with Crippen LogP contribution in [0.2, 0.25) is 0 Å². The molecule has 0 saturated heterocycles. The van der Waals surface area contributed by atoms with Crippen molar-refractivity contribution < 1.29 is 14.3 Å². The van der Waals surface area contributed by atoms with Crippen molar-refractivity contribution in [3.8, 4) is 5.75 Å². The molecule has 7 heteroatoms. The van der Waals surface area contributed by atoms with E-state index in [9.17, 15) is 4.79 Å². The molecule has 1 heterocycles. The number of benzene rings is 1. The standard InChI is InChI=1S/C15H19N3O3S/c1-20-9-3-8-18-11-16-17-15(18)22-10-14(19)12-4-6-13(21-2)7-5-12/h4-7,11H,3,8-10H2,1-2H3. The topological polar surface area (TPSA) is 66.2 Å². The highest BCUT2D eigenvalue weighted by molar-refractivity contribution is 7.99. The highest BCUT2D eigenvalue weighted by atomic mass is 32.2. The van der Waals surface area contributed by atoms with Crippen LogP contribution in [0.5, 0.6) is 5.75 Å². The van der Waals surface area contributed by atoms with Gasteiger partial charge in [0.2, 0.25) is 0 Å². The zero-order valence-corrected chi connectivity index (χ0v) is 13.5. The zero-order valence-electron chi connectivity index (χ0n) is 12.7. The molecule has 0 fully saturated rings. The molecule has 0 aliphatic rings. The van der Waals surface area contributed by atoms with E-state index < -0.39 is 0 Å². The van der Waals surface area contributed by atoms with Crippen LogP contribution in [0.25, 0.3) is 0 Å². The number of rotatable bonds is 9. The first-order valence-electron chi connectivity index (χ1n) is 6.91. The Kier molecular flexibility index (Phi) is 6.42. The van der Waals surface area contributed by atoms with Crippen LogP contribution < -0.4 is 4.74 Å². The number of carbonyl (C=O) groups is 1. The van der Waals surface area contributed by atoms with Crippen LogP contribution in [-0.4, -0.2) is 47.1 Å². The van der Waals surface area contributed by atoms with Crippen molar-refractivity contribution >= 4 is 17.5 Å². The van der Waals surface area contributed by atoms with Crippen molar-refractivity contribution in [2.24, 2.45) is 0 Å². The van der Waals surface area contributed by atoms with Crippen LogP contribution in [0.4, 0.5) is 0 Å². The molecule has 0 radical (unpaired) electrons. The van der Waals surface area contributed by atoms with E-state index >= 15 is 0 Å². The van der Waals surface area contributed by atoms with E-state index in [2.05, 4.69) is 10.2 Å². The normalized spacial score (nSPS) is 10.6. The van der Waals surface area contributed by atoms with Gasteiger partial charge >= 0.3 is 0 Å². The van der Waals surface area contributed by atoms with E-state index in [0.717, 1.165) is 23.9 Å². The lowest BCUT2D eigenvalue weighted by Crippen LogP contribution is -2.06. The second-order valence-electron chi connectivity index (χ2n) is 4.59. The zero-order chi connectivity index (χ0) is 15.8. The van der Waals surface area contributed by atoms with Crippen molar-refractivity contribution in [1.29, 1.82) is 0 Å². The minimum Gasteiger partial charge on any atom is -0.497 e. The van der Waals surface area contributed by atoms with Crippen LogP contribution in [0.3, 0.4) is 0 Å². The highest BCUT2D eigenvalue weighted by Crippen LogP contribution is 2.18. The lowest BCUT2D eigenvalue weighted by atomic mass is 10.1. The number of thioether (sulfide) groups is 1. The van der Waals surface area contributed by atoms with Crippen LogP contribution >= 0.6 is 11.8 Å². The Bertz CT molecular complexity index is 598. The number of methoxy groups -OCH3 is 2. The fraction of sp³-hybridized carbons (Fsp3) is 0.400. The quantitative estimate of drug-likeness (QED) is 0.401. The van der Waals surface area contributed by atoms with Crippen LogP contribution in [-0.2, 0) is 11.3 Å². The number of aryl methyl sites for hydroxylation is 1. The first kappa shape index (κ1) is 16.5. The average Bonchev–Trinajstić information content (AvgIpc) is 3.00. The Labute approximate surface area is 133 Å². The van der Waals surface area contributed by atoms with Crippen molar-refractivity contribution in [3.05, 3.63) is 36.2 Å². The predicted molar refractivity (Wildman–Crippen MR) is 84.6 cm³/mol. The van der Waals surface area contributed by atoms with Gasteiger partial charge in [-0.1, -0.05) is 11.8 Å². The second kappa shape index (κ2) is 8.55. The van der Waals surface area contributed by atoms with E-state index in [-0.39, 0.29) is 5.78 Å². The molecular formula is C15H19N3O3S. The summed E-state index contributed by atoms with van der Waals surface area (Å²) in [6.07, 6.45) is 2.56. The monoisotopic (exact) mass is 321 g/mol. The first-order chi connectivity index (χ1) is 10.7. The van der Waals surface area contributed by atoms with Gasteiger partial charge in [0.05, 0.1) is 12.9 Å². The molecule has 1 aromatic heterocycles. The fourth-order valence-corrected chi connectivity index (χ4v) is 2.72. The predicted octanol–water partition coefficient (Wildman–Crippen LogP) is 2.30. The minimum absolute atomic E-state index is 0.0547. The van der Waals surface area contributed by atoms with Crippen molar-refractivity contribution in [1.82, 2.24) is 14.8 Å². The van der Waals surface area contributed by atoms with Gasteiger partial charge in [-0.2, -0.15) is 0 Å². The third-order valence-electron chi connectivity index (χ3n) is 3.07. The maximum atomic E-state index is 12.2. The van der Waals surface area contributed by atoms with Crippen molar-refractivity contribution in [2.75, 3.05) is 26.6 Å². The average molecular weight is 321 g/mol. The van der Waals surface area contributed by atoms with Crippen molar-refractivity contribution in [2.45, 2.75) is 18.1 Å². The van der Waals surface area contributed by atoms with Gasteiger partial charge in [0, 0.05) is 25.8 Å². The van der Waals surface area contributed by atoms with Crippen LogP contribution in [0, 0.1) is 0 Å².